The third-order valence-electron chi connectivity index (χ3n) is 3.42. The van der Waals surface area contributed by atoms with Crippen molar-refractivity contribution in [2.75, 3.05) is 5.75 Å². The van der Waals surface area contributed by atoms with Crippen LogP contribution in [0.25, 0.3) is 0 Å². The Morgan fingerprint density at radius 1 is 0.840 bits per heavy atom. The van der Waals surface area contributed by atoms with E-state index in [0.717, 1.165) is 12.1 Å². The summed E-state index contributed by atoms with van der Waals surface area (Å²) in [4.78, 5) is -2.36. The van der Waals surface area contributed by atoms with E-state index in [4.69, 9.17) is 5.14 Å². The van der Waals surface area contributed by atoms with Crippen molar-refractivity contribution in [3.63, 3.8) is 0 Å². The van der Waals surface area contributed by atoms with Crippen LogP contribution in [0.2, 0.25) is 0 Å². The fraction of sp³-hybridized carbons (Fsp3) is 0.200. The van der Waals surface area contributed by atoms with Gasteiger partial charge in [-0.05, 0) is 24.1 Å². The number of primary sulfonamides is 1. The van der Waals surface area contributed by atoms with Crippen LogP contribution in [0.5, 0.6) is 0 Å². The van der Waals surface area contributed by atoms with Gasteiger partial charge >= 0.3 is 6.18 Å². The maximum atomic E-state index is 13.3. The van der Waals surface area contributed by atoms with Crippen LogP contribution in [-0.2, 0) is 32.5 Å². The van der Waals surface area contributed by atoms with Gasteiger partial charge in [0.2, 0.25) is 10.0 Å². The molecule has 0 unspecified atom stereocenters. The Morgan fingerprint density at radius 3 is 1.92 bits per heavy atom. The molecule has 136 valence electrons. The van der Waals surface area contributed by atoms with Crippen molar-refractivity contribution in [2.45, 2.75) is 22.4 Å². The number of sulfone groups is 1. The van der Waals surface area contributed by atoms with Gasteiger partial charge in [0.1, 0.15) is 0 Å². The largest absolute Gasteiger partial charge is 0.418 e. The molecule has 25 heavy (non-hydrogen) atoms. The highest BCUT2D eigenvalue weighted by Gasteiger charge is 2.41. The van der Waals surface area contributed by atoms with E-state index in [1.54, 1.807) is 30.3 Å². The zero-order chi connectivity index (χ0) is 18.9. The molecule has 0 aliphatic carbocycles. The van der Waals surface area contributed by atoms with E-state index in [2.05, 4.69) is 0 Å². The molecule has 0 aromatic heterocycles. The first-order valence-electron chi connectivity index (χ1n) is 6.92. The molecule has 0 saturated carbocycles. The molecule has 0 bridgehead atoms. The van der Waals surface area contributed by atoms with Crippen molar-refractivity contribution in [2.24, 2.45) is 5.14 Å². The van der Waals surface area contributed by atoms with E-state index < -0.39 is 47.1 Å². The first-order chi connectivity index (χ1) is 11.4. The van der Waals surface area contributed by atoms with Crippen LogP contribution < -0.4 is 5.14 Å². The lowest BCUT2D eigenvalue weighted by Gasteiger charge is -2.16. The summed E-state index contributed by atoms with van der Waals surface area (Å²) in [5, 5.41) is 4.81. The molecule has 2 aromatic rings. The minimum absolute atomic E-state index is 0.0138. The molecule has 0 heterocycles. The van der Waals surface area contributed by atoms with Gasteiger partial charge in [0.25, 0.3) is 0 Å². The fourth-order valence-electron chi connectivity index (χ4n) is 2.29. The predicted octanol–water partition coefficient (Wildman–Crippen LogP) is 2.37. The minimum atomic E-state index is -5.20. The van der Waals surface area contributed by atoms with Crippen LogP contribution in [-0.4, -0.2) is 22.6 Å². The van der Waals surface area contributed by atoms with E-state index >= 15 is 0 Å². The van der Waals surface area contributed by atoms with Crippen molar-refractivity contribution in [3.8, 4) is 0 Å². The molecule has 10 heteroatoms. The molecule has 0 spiro atoms. The van der Waals surface area contributed by atoms with Crippen molar-refractivity contribution in [1.82, 2.24) is 0 Å². The average molecular weight is 393 g/mol. The topological polar surface area (TPSA) is 94.3 Å². The average Bonchev–Trinajstić information content (AvgIpc) is 2.52. The highest BCUT2D eigenvalue weighted by Crippen LogP contribution is 2.38. The van der Waals surface area contributed by atoms with Crippen LogP contribution in [0.4, 0.5) is 13.2 Å². The lowest BCUT2D eigenvalue weighted by molar-refractivity contribution is -0.142. The van der Waals surface area contributed by atoms with E-state index in [0.29, 0.717) is 11.6 Å². The van der Waals surface area contributed by atoms with Crippen molar-refractivity contribution in [1.29, 1.82) is 0 Å². The van der Waals surface area contributed by atoms with E-state index in [-0.39, 0.29) is 6.42 Å². The number of hydrogen-bond donors (Lipinski definition) is 1. The summed E-state index contributed by atoms with van der Waals surface area (Å²) < 4.78 is 87.8. The number of hydrogen-bond acceptors (Lipinski definition) is 4. The van der Waals surface area contributed by atoms with Crippen LogP contribution in [0.1, 0.15) is 11.1 Å². The highest BCUT2D eigenvalue weighted by atomic mass is 32.2. The van der Waals surface area contributed by atoms with Gasteiger partial charge in [0.15, 0.2) is 9.84 Å². The van der Waals surface area contributed by atoms with Gasteiger partial charge in [0.05, 0.1) is 21.1 Å². The second-order valence-corrected chi connectivity index (χ2v) is 8.83. The number of rotatable bonds is 5. The zero-order valence-corrected chi connectivity index (χ0v) is 14.3. The van der Waals surface area contributed by atoms with E-state index in [1.165, 1.54) is 0 Å². The van der Waals surface area contributed by atoms with Crippen molar-refractivity contribution in [3.05, 3.63) is 59.7 Å². The number of sulfonamides is 1. The van der Waals surface area contributed by atoms with Crippen molar-refractivity contribution >= 4 is 19.9 Å². The minimum Gasteiger partial charge on any atom is -0.225 e. The second-order valence-electron chi connectivity index (χ2n) is 5.23. The monoisotopic (exact) mass is 393 g/mol. The summed E-state index contributed by atoms with van der Waals surface area (Å²) in [6.45, 7) is 0. The van der Waals surface area contributed by atoms with Crippen LogP contribution >= 0.6 is 0 Å². The second kappa shape index (κ2) is 6.77. The standard InChI is InChI=1S/C15H14F3NO4S2/c16-15(17,18)14-12(7-4-8-13(14)25(19,22)23)24(20,21)10-9-11-5-2-1-3-6-11/h1-8H,9-10H2,(H2,19,22,23). The third kappa shape index (κ3) is 4.59. The van der Waals surface area contributed by atoms with Crippen LogP contribution in [0.15, 0.2) is 58.3 Å². The summed E-state index contributed by atoms with van der Waals surface area (Å²) >= 11 is 0. The molecule has 0 radical (unpaired) electrons. The summed E-state index contributed by atoms with van der Waals surface area (Å²) in [5.41, 5.74) is -1.13. The van der Waals surface area contributed by atoms with Gasteiger partial charge in [-0.25, -0.2) is 22.0 Å². The van der Waals surface area contributed by atoms with Gasteiger partial charge in [-0.2, -0.15) is 13.2 Å². The van der Waals surface area contributed by atoms with Crippen LogP contribution in [0.3, 0.4) is 0 Å². The van der Waals surface area contributed by atoms with E-state index in [9.17, 15) is 30.0 Å². The summed E-state index contributed by atoms with van der Waals surface area (Å²) in [7, 11) is -9.15. The lowest BCUT2D eigenvalue weighted by Crippen LogP contribution is -2.23. The molecule has 2 N–H and O–H groups in total. The SMILES string of the molecule is NS(=O)(=O)c1cccc(S(=O)(=O)CCc2ccccc2)c1C(F)(F)F. The van der Waals surface area contributed by atoms with Gasteiger partial charge in [-0.3, -0.25) is 0 Å². The Hall–Kier alpha value is -1.91. The maximum Gasteiger partial charge on any atom is 0.418 e. The molecule has 2 rings (SSSR count). The molecule has 0 amide bonds. The Bertz CT molecular complexity index is 970. The Labute approximate surface area is 143 Å². The Morgan fingerprint density at radius 2 is 1.40 bits per heavy atom. The molecule has 5 nitrogen and oxygen atoms in total. The Balaban J connectivity index is 2.54. The molecule has 0 aliphatic heterocycles. The lowest BCUT2D eigenvalue weighted by atomic mass is 10.2. The van der Waals surface area contributed by atoms with Gasteiger partial charge in [-0.15, -0.1) is 0 Å². The molecular weight excluding hydrogens is 379 g/mol. The number of halogens is 3. The molecule has 0 saturated heterocycles. The first kappa shape index (κ1) is 19.4. The quantitative estimate of drug-likeness (QED) is 0.844. The number of benzene rings is 2. The van der Waals surface area contributed by atoms with E-state index in [1.807, 2.05) is 0 Å². The number of nitrogens with two attached hydrogens (primary N) is 1. The predicted molar refractivity (Wildman–Crippen MR) is 85.0 cm³/mol. The zero-order valence-electron chi connectivity index (χ0n) is 12.7. The van der Waals surface area contributed by atoms with Gasteiger partial charge in [-0.1, -0.05) is 36.4 Å². The summed E-state index contributed by atoms with van der Waals surface area (Å²) in [6.07, 6.45) is -5.21. The van der Waals surface area contributed by atoms with Crippen LogP contribution in [0, 0.1) is 0 Å². The third-order valence-corrected chi connectivity index (χ3v) is 6.12. The summed E-state index contributed by atoms with van der Waals surface area (Å²) in [6, 6.07) is 10.6. The van der Waals surface area contributed by atoms with Gasteiger partial charge in [0, 0.05) is 0 Å². The smallest absolute Gasteiger partial charge is 0.225 e. The maximum absolute atomic E-state index is 13.3. The van der Waals surface area contributed by atoms with Gasteiger partial charge < -0.3 is 0 Å². The fourth-order valence-corrected chi connectivity index (χ4v) is 4.68. The molecule has 0 aliphatic rings. The molecule has 0 fully saturated rings. The molecular formula is C15H14F3NO4S2. The Kier molecular flexibility index (Phi) is 5.26. The molecule has 0 atom stereocenters. The molecule has 2 aromatic carbocycles. The number of aryl methyl sites for hydroxylation is 1. The normalized spacial score (nSPS) is 13.0. The highest BCUT2D eigenvalue weighted by molar-refractivity contribution is 7.91. The summed E-state index contributed by atoms with van der Waals surface area (Å²) in [5.74, 6) is -0.603. The first-order valence-corrected chi connectivity index (χ1v) is 10.1. The number of alkyl halides is 3. The van der Waals surface area contributed by atoms with Crippen molar-refractivity contribution < 1.29 is 30.0 Å².